The van der Waals surface area contributed by atoms with E-state index in [1.165, 1.54) is 16.8 Å². The smallest absolute Gasteiger partial charge is 0.125 e. The first-order chi connectivity index (χ1) is 10.1. The van der Waals surface area contributed by atoms with Gasteiger partial charge in [-0.25, -0.2) is 0 Å². The minimum atomic E-state index is 0.287. The third-order valence-electron chi connectivity index (χ3n) is 3.76. The van der Waals surface area contributed by atoms with Crippen LogP contribution < -0.4 is 10.1 Å². The molecule has 0 spiro atoms. The van der Waals surface area contributed by atoms with Crippen molar-refractivity contribution in [3.8, 4) is 5.75 Å². The van der Waals surface area contributed by atoms with E-state index in [0.717, 1.165) is 34.1 Å². The highest BCUT2D eigenvalue weighted by Crippen LogP contribution is 2.36. The van der Waals surface area contributed by atoms with Crippen LogP contribution in [0, 0.1) is 6.92 Å². The highest BCUT2D eigenvalue weighted by atomic mass is 79.9. The molecule has 0 radical (unpaired) electrons. The van der Waals surface area contributed by atoms with Crippen molar-refractivity contribution in [1.29, 1.82) is 0 Å². The molecule has 1 atom stereocenters. The Morgan fingerprint density at radius 2 is 1.86 bits per heavy atom. The lowest BCUT2D eigenvalue weighted by Gasteiger charge is -2.21. The average Bonchev–Trinajstić information content (AvgIpc) is 2.64. The molecular weight excluding hydrogens is 394 g/mol. The summed E-state index contributed by atoms with van der Waals surface area (Å²) in [7, 11) is 0. The predicted molar refractivity (Wildman–Crippen MR) is 94.1 cm³/mol. The van der Waals surface area contributed by atoms with Crippen molar-refractivity contribution in [3.05, 3.63) is 56.5 Å². The van der Waals surface area contributed by atoms with Gasteiger partial charge in [-0.15, -0.1) is 0 Å². The summed E-state index contributed by atoms with van der Waals surface area (Å²) in [5.41, 5.74) is 3.66. The van der Waals surface area contributed by atoms with Crippen molar-refractivity contribution in [2.24, 2.45) is 0 Å². The highest BCUT2D eigenvalue weighted by Gasteiger charge is 2.20. The van der Waals surface area contributed by atoms with Crippen molar-refractivity contribution in [2.45, 2.75) is 25.8 Å². The number of benzene rings is 2. The molecule has 2 nitrogen and oxygen atoms in total. The summed E-state index contributed by atoms with van der Waals surface area (Å²) in [6.45, 7) is 2.91. The van der Waals surface area contributed by atoms with Crippen LogP contribution in [0.2, 0.25) is 0 Å². The maximum atomic E-state index is 5.87. The van der Waals surface area contributed by atoms with E-state index in [4.69, 9.17) is 4.74 Å². The normalized spacial score (nSPS) is 17.6. The molecule has 1 heterocycles. The third kappa shape index (κ3) is 3.43. The van der Waals surface area contributed by atoms with E-state index in [1.807, 2.05) is 0 Å². The second-order valence-electron chi connectivity index (χ2n) is 5.33. The van der Waals surface area contributed by atoms with Crippen LogP contribution >= 0.6 is 31.9 Å². The van der Waals surface area contributed by atoms with Gasteiger partial charge in [0.25, 0.3) is 0 Å². The monoisotopic (exact) mass is 409 g/mol. The molecule has 2 aromatic rings. The molecule has 0 saturated heterocycles. The molecule has 0 fully saturated rings. The van der Waals surface area contributed by atoms with Crippen LogP contribution in [0.1, 0.15) is 30.0 Å². The summed E-state index contributed by atoms with van der Waals surface area (Å²) >= 11 is 7.03. The van der Waals surface area contributed by atoms with Gasteiger partial charge >= 0.3 is 0 Å². The molecule has 0 aliphatic carbocycles. The second kappa shape index (κ2) is 6.41. The van der Waals surface area contributed by atoms with Gasteiger partial charge in [-0.05, 0) is 55.7 Å². The van der Waals surface area contributed by atoms with Crippen molar-refractivity contribution < 1.29 is 4.74 Å². The summed E-state index contributed by atoms with van der Waals surface area (Å²) in [5.74, 6) is 0.981. The summed E-state index contributed by atoms with van der Waals surface area (Å²) in [5, 5.41) is 3.68. The molecule has 1 unspecified atom stereocenters. The molecule has 1 N–H and O–H groups in total. The topological polar surface area (TPSA) is 21.3 Å². The summed E-state index contributed by atoms with van der Waals surface area (Å²) in [4.78, 5) is 0. The first-order valence-corrected chi connectivity index (χ1v) is 8.67. The van der Waals surface area contributed by atoms with E-state index in [9.17, 15) is 0 Å². The fraction of sp³-hybridized carbons (Fsp3) is 0.294. The number of halogens is 2. The summed E-state index contributed by atoms with van der Waals surface area (Å²) in [6.07, 6.45) is 2.13. The number of hydrogen-bond donors (Lipinski definition) is 1. The Hall–Kier alpha value is -1.000. The van der Waals surface area contributed by atoms with E-state index in [0.29, 0.717) is 0 Å². The maximum Gasteiger partial charge on any atom is 0.125 e. The minimum absolute atomic E-state index is 0.287. The van der Waals surface area contributed by atoms with Gasteiger partial charge in [0.2, 0.25) is 0 Å². The van der Waals surface area contributed by atoms with Crippen molar-refractivity contribution in [2.75, 3.05) is 11.9 Å². The van der Waals surface area contributed by atoms with E-state index in [2.05, 4.69) is 80.5 Å². The molecule has 0 bridgehead atoms. The quantitative estimate of drug-likeness (QED) is 0.670. The molecule has 1 aliphatic heterocycles. The third-order valence-corrected chi connectivity index (χ3v) is 4.75. The van der Waals surface area contributed by atoms with Gasteiger partial charge in [-0.1, -0.05) is 37.9 Å². The van der Waals surface area contributed by atoms with Gasteiger partial charge in [-0.3, -0.25) is 0 Å². The van der Waals surface area contributed by atoms with E-state index in [1.54, 1.807) is 0 Å². The van der Waals surface area contributed by atoms with Crippen LogP contribution in [0.5, 0.6) is 5.75 Å². The molecule has 1 aliphatic rings. The lowest BCUT2D eigenvalue weighted by Crippen LogP contribution is -2.11. The Morgan fingerprint density at radius 3 is 2.67 bits per heavy atom. The number of hydrogen-bond acceptors (Lipinski definition) is 2. The summed E-state index contributed by atoms with van der Waals surface area (Å²) in [6, 6.07) is 12.9. The molecule has 0 amide bonds. The van der Waals surface area contributed by atoms with E-state index in [-0.39, 0.29) is 6.04 Å². The zero-order valence-corrected chi connectivity index (χ0v) is 15.0. The van der Waals surface area contributed by atoms with Crippen molar-refractivity contribution in [3.63, 3.8) is 0 Å². The number of nitrogens with one attached hydrogen (secondary N) is 1. The van der Waals surface area contributed by atoms with Gasteiger partial charge in [0.05, 0.1) is 12.6 Å². The lowest BCUT2D eigenvalue weighted by atomic mass is 10.0. The van der Waals surface area contributed by atoms with Gasteiger partial charge < -0.3 is 10.1 Å². The number of rotatable bonds is 2. The van der Waals surface area contributed by atoms with Crippen LogP contribution in [0.15, 0.2) is 45.3 Å². The Morgan fingerprint density at radius 1 is 1.10 bits per heavy atom. The number of ether oxygens (including phenoxy) is 1. The maximum absolute atomic E-state index is 5.87. The second-order valence-corrected chi connectivity index (χ2v) is 7.16. The number of aryl methyl sites for hydroxylation is 1. The van der Waals surface area contributed by atoms with Crippen molar-refractivity contribution >= 4 is 37.5 Å². The number of fused-ring (bicyclic) bond motifs is 1. The van der Waals surface area contributed by atoms with E-state index >= 15 is 0 Å². The predicted octanol–water partition coefficient (Wildman–Crippen LogP) is 5.85. The molecule has 0 saturated carbocycles. The zero-order valence-electron chi connectivity index (χ0n) is 11.8. The fourth-order valence-corrected chi connectivity index (χ4v) is 3.49. The lowest BCUT2D eigenvalue weighted by molar-refractivity contribution is 0.316. The van der Waals surface area contributed by atoms with Crippen LogP contribution in [0.4, 0.5) is 5.69 Å². The highest BCUT2D eigenvalue weighted by molar-refractivity contribution is 9.10. The van der Waals surface area contributed by atoms with Crippen LogP contribution in [-0.4, -0.2) is 6.61 Å². The van der Waals surface area contributed by atoms with Gasteiger partial charge in [0.15, 0.2) is 0 Å². The first kappa shape index (κ1) is 14.9. The number of anilines is 1. The zero-order chi connectivity index (χ0) is 14.8. The summed E-state index contributed by atoms with van der Waals surface area (Å²) < 4.78 is 8.04. The Labute approximate surface area is 142 Å². The van der Waals surface area contributed by atoms with Crippen LogP contribution in [-0.2, 0) is 0 Å². The fourth-order valence-electron chi connectivity index (χ4n) is 2.67. The van der Waals surface area contributed by atoms with Gasteiger partial charge in [-0.2, -0.15) is 0 Å². The molecule has 110 valence electrons. The largest absolute Gasteiger partial charge is 0.493 e. The Bertz CT molecular complexity index is 657. The molecule has 2 aromatic carbocycles. The average molecular weight is 411 g/mol. The Kier molecular flexibility index (Phi) is 4.55. The van der Waals surface area contributed by atoms with E-state index < -0.39 is 0 Å². The van der Waals surface area contributed by atoms with Crippen molar-refractivity contribution in [1.82, 2.24) is 0 Å². The van der Waals surface area contributed by atoms with Gasteiger partial charge in [0.1, 0.15) is 5.75 Å². The van der Waals surface area contributed by atoms with Crippen LogP contribution in [0.3, 0.4) is 0 Å². The standard InChI is InChI=1S/C17H17Br2NO/c1-11-9-12(18)5-7-15(11)20-16-3-2-8-21-17-10-13(19)4-6-14(16)17/h4-7,9-10,16,20H,2-3,8H2,1H3. The SMILES string of the molecule is Cc1cc(Br)ccc1NC1CCCOc2cc(Br)ccc21. The van der Waals surface area contributed by atoms with Crippen LogP contribution in [0.25, 0.3) is 0 Å². The van der Waals surface area contributed by atoms with Gasteiger partial charge in [0, 0.05) is 20.2 Å². The molecular formula is C17H17Br2NO. The molecule has 3 rings (SSSR count). The minimum Gasteiger partial charge on any atom is -0.493 e. The molecule has 4 heteroatoms. The Balaban J connectivity index is 1.92. The molecule has 0 aromatic heterocycles. The first-order valence-electron chi connectivity index (χ1n) is 7.08. The molecule has 21 heavy (non-hydrogen) atoms.